The molecule has 120 valence electrons. The van der Waals surface area contributed by atoms with E-state index >= 15 is 0 Å². The first-order chi connectivity index (χ1) is 10.2. The molecule has 0 bridgehead atoms. The molecule has 21 heavy (non-hydrogen) atoms. The maximum Gasteiger partial charge on any atom is 0.227 e. The second-order valence-electron chi connectivity index (χ2n) is 7.00. The second-order valence-corrected chi connectivity index (χ2v) is 7.00. The monoisotopic (exact) mass is 295 g/mol. The highest BCUT2D eigenvalue weighted by Gasteiger charge is 2.39. The molecule has 2 unspecified atom stereocenters. The lowest BCUT2D eigenvalue weighted by Gasteiger charge is -2.37. The number of morpholine rings is 1. The van der Waals surface area contributed by atoms with Gasteiger partial charge in [0, 0.05) is 25.7 Å². The zero-order chi connectivity index (χ0) is 14.7. The molecule has 5 heteroatoms. The molecule has 3 rings (SSSR count). The van der Waals surface area contributed by atoms with Crippen LogP contribution in [0.4, 0.5) is 0 Å². The molecule has 1 amide bonds. The first kappa shape index (κ1) is 15.3. The van der Waals surface area contributed by atoms with E-state index in [4.69, 9.17) is 10.5 Å². The fraction of sp³-hybridized carbons (Fsp3) is 0.938. The first-order valence-electron chi connectivity index (χ1n) is 8.57. The number of hydrogen-bond acceptors (Lipinski definition) is 4. The van der Waals surface area contributed by atoms with Crippen LogP contribution in [0.25, 0.3) is 0 Å². The molecule has 2 atom stereocenters. The van der Waals surface area contributed by atoms with Crippen LogP contribution in [0.5, 0.6) is 0 Å². The molecule has 3 aliphatic rings. The van der Waals surface area contributed by atoms with Gasteiger partial charge in [-0.3, -0.25) is 9.69 Å². The van der Waals surface area contributed by atoms with E-state index < -0.39 is 0 Å². The lowest BCUT2D eigenvalue weighted by atomic mass is 9.73. The Labute approximate surface area is 127 Å². The van der Waals surface area contributed by atoms with Crippen molar-refractivity contribution in [2.24, 2.45) is 11.1 Å². The number of nitrogens with one attached hydrogen (secondary N) is 1. The van der Waals surface area contributed by atoms with Crippen molar-refractivity contribution in [3.8, 4) is 0 Å². The Balaban J connectivity index is 1.49. The van der Waals surface area contributed by atoms with E-state index in [-0.39, 0.29) is 17.4 Å². The van der Waals surface area contributed by atoms with Gasteiger partial charge >= 0.3 is 0 Å². The minimum Gasteiger partial charge on any atom is -0.373 e. The van der Waals surface area contributed by atoms with Gasteiger partial charge in [0.15, 0.2) is 0 Å². The molecule has 2 aliphatic heterocycles. The van der Waals surface area contributed by atoms with Gasteiger partial charge in [0.05, 0.1) is 18.1 Å². The summed E-state index contributed by atoms with van der Waals surface area (Å²) in [5, 5.41) is 3.12. The summed E-state index contributed by atoms with van der Waals surface area (Å²) in [6.07, 6.45) is 8.04. The summed E-state index contributed by atoms with van der Waals surface area (Å²) in [4.78, 5) is 15.1. The number of fused-ring (bicyclic) bond motifs is 1. The number of rotatable bonds is 4. The summed E-state index contributed by atoms with van der Waals surface area (Å²) >= 11 is 0. The quantitative estimate of drug-likeness (QED) is 0.808. The van der Waals surface area contributed by atoms with Gasteiger partial charge in [0.2, 0.25) is 5.91 Å². The summed E-state index contributed by atoms with van der Waals surface area (Å²) in [5.74, 6) is 0.150. The maximum absolute atomic E-state index is 12.6. The number of hydrogen-bond donors (Lipinski definition) is 2. The molecule has 2 saturated heterocycles. The van der Waals surface area contributed by atoms with Crippen molar-refractivity contribution >= 4 is 5.91 Å². The maximum atomic E-state index is 12.6. The van der Waals surface area contributed by atoms with Gasteiger partial charge in [-0.05, 0) is 32.2 Å². The largest absolute Gasteiger partial charge is 0.373 e. The third-order valence-corrected chi connectivity index (χ3v) is 5.63. The van der Waals surface area contributed by atoms with Crippen molar-refractivity contribution in [2.75, 3.05) is 32.8 Å². The number of nitrogens with zero attached hydrogens (tertiary/aromatic N) is 1. The highest BCUT2D eigenvalue weighted by molar-refractivity contribution is 5.83. The zero-order valence-electron chi connectivity index (χ0n) is 13.0. The van der Waals surface area contributed by atoms with E-state index in [9.17, 15) is 4.79 Å². The van der Waals surface area contributed by atoms with E-state index in [0.29, 0.717) is 19.1 Å². The van der Waals surface area contributed by atoms with Crippen LogP contribution in [0.3, 0.4) is 0 Å². The molecule has 3 N–H and O–H groups in total. The zero-order valence-corrected chi connectivity index (χ0v) is 13.0. The molecule has 5 nitrogen and oxygen atoms in total. The number of nitrogens with two attached hydrogens (primary N) is 1. The van der Waals surface area contributed by atoms with Crippen molar-refractivity contribution in [3.63, 3.8) is 0 Å². The first-order valence-corrected chi connectivity index (χ1v) is 8.57. The SMILES string of the molecule is NCC1(C(=O)NCC2CN3CCCC3CO2)CCCCC1. The summed E-state index contributed by atoms with van der Waals surface area (Å²) in [6, 6.07) is 0.616. The van der Waals surface area contributed by atoms with Gasteiger partial charge in [-0.25, -0.2) is 0 Å². The third kappa shape index (κ3) is 3.25. The molecule has 3 fully saturated rings. The Hall–Kier alpha value is -0.650. The lowest BCUT2D eigenvalue weighted by Crippen LogP contribution is -2.53. The van der Waals surface area contributed by atoms with Gasteiger partial charge in [-0.1, -0.05) is 19.3 Å². The Kier molecular flexibility index (Phi) is 4.82. The second kappa shape index (κ2) is 6.63. The van der Waals surface area contributed by atoms with Gasteiger partial charge in [0.1, 0.15) is 0 Å². The molecular formula is C16H29N3O2. The number of amides is 1. The topological polar surface area (TPSA) is 67.6 Å². The van der Waals surface area contributed by atoms with E-state index in [0.717, 1.165) is 38.8 Å². The molecule has 2 heterocycles. The van der Waals surface area contributed by atoms with Gasteiger partial charge in [0.25, 0.3) is 0 Å². The molecule has 0 radical (unpaired) electrons. The van der Waals surface area contributed by atoms with Crippen LogP contribution in [0.15, 0.2) is 0 Å². The predicted molar refractivity (Wildman–Crippen MR) is 81.9 cm³/mol. The van der Waals surface area contributed by atoms with Crippen LogP contribution in [0.2, 0.25) is 0 Å². The van der Waals surface area contributed by atoms with E-state index in [1.54, 1.807) is 0 Å². The predicted octanol–water partition coefficient (Wildman–Crippen LogP) is 0.875. The van der Waals surface area contributed by atoms with Crippen molar-refractivity contribution in [1.82, 2.24) is 10.2 Å². The summed E-state index contributed by atoms with van der Waals surface area (Å²) in [7, 11) is 0. The molecule has 0 spiro atoms. The minimum absolute atomic E-state index is 0.140. The van der Waals surface area contributed by atoms with E-state index in [1.807, 2.05) is 0 Å². The fourth-order valence-corrected chi connectivity index (χ4v) is 4.16. The summed E-state index contributed by atoms with van der Waals surface area (Å²) in [5.41, 5.74) is 5.60. The van der Waals surface area contributed by atoms with Crippen LogP contribution in [0, 0.1) is 5.41 Å². The van der Waals surface area contributed by atoms with Crippen LogP contribution in [0.1, 0.15) is 44.9 Å². The van der Waals surface area contributed by atoms with Crippen LogP contribution >= 0.6 is 0 Å². The standard InChI is InChI=1S/C16H29N3O2/c17-12-16(6-2-1-3-7-16)15(20)18-9-14-10-19-8-4-5-13(19)11-21-14/h13-14H,1-12,17H2,(H,18,20). The average molecular weight is 295 g/mol. The normalized spacial score (nSPS) is 32.6. The van der Waals surface area contributed by atoms with Crippen molar-refractivity contribution in [3.05, 3.63) is 0 Å². The molecular weight excluding hydrogens is 266 g/mol. The lowest BCUT2D eigenvalue weighted by molar-refractivity contribution is -0.133. The average Bonchev–Trinajstić information content (AvgIpc) is 3.00. The number of carbonyl (C=O) groups excluding carboxylic acids is 1. The highest BCUT2D eigenvalue weighted by atomic mass is 16.5. The smallest absolute Gasteiger partial charge is 0.227 e. The van der Waals surface area contributed by atoms with E-state index in [1.165, 1.54) is 25.8 Å². The number of carbonyl (C=O) groups is 1. The van der Waals surface area contributed by atoms with E-state index in [2.05, 4.69) is 10.2 Å². The highest BCUT2D eigenvalue weighted by Crippen LogP contribution is 2.35. The van der Waals surface area contributed by atoms with Gasteiger partial charge < -0.3 is 15.8 Å². The molecule has 1 saturated carbocycles. The minimum atomic E-state index is -0.316. The molecule has 0 aromatic rings. The van der Waals surface area contributed by atoms with Crippen LogP contribution in [-0.4, -0.2) is 55.7 Å². The van der Waals surface area contributed by atoms with Crippen molar-refractivity contribution in [1.29, 1.82) is 0 Å². The number of ether oxygens (including phenoxy) is 1. The van der Waals surface area contributed by atoms with Gasteiger partial charge in [-0.2, -0.15) is 0 Å². The van der Waals surface area contributed by atoms with Gasteiger partial charge in [-0.15, -0.1) is 0 Å². The Morgan fingerprint density at radius 2 is 2.10 bits per heavy atom. The Bertz CT molecular complexity index is 369. The molecule has 0 aromatic carbocycles. The molecule has 0 aromatic heterocycles. The van der Waals surface area contributed by atoms with Crippen LogP contribution in [-0.2, 0) is 9.53 Å². The van der Waals surface area contributed by atoms with Crippen molar-refractivity contribution < 1.29 is 9.53 Å². The van der Waals surface area contributed by atoms with Crippen LogP contribution < -0.4 is 11.1 Å². The summed E-state index contributed by atoms with van der Waals surface area (Å²) in [6.45, 7) is 4.07. The Morgan fingerprint density at radius 3 is 2.86 bits per heavy atom. The summed E-state index contributed by atoms with van der Waals surface area (Å²) < 4.78 is 5.91. The molecule has 1 aliphatic carbocycles. The fourth-order valence-electron chi connectivity index (χ4n) is 4.16. The Morgan fingerprint density at radius 1 is 1.29 bits per heavy atom. The van der Waals surface area contributed by atoms with Crippen molar-refractivity contribution in [2.45, 2.75) is 57.1 Å². The third-order valence-electron chi connectivity index (χ3n) is 5.63.